The summed E-state index contributed by atoms with van der Waals surface area (Å²) in [6, 6.07) is 7.91. The first-order valence-electron chi connectivity index (χ1n) is 8.54. The Kier molecular flexibility index (Phi) is 7.05. The molecule has 0 aliphatic rings. The number of benzene rings is 1. The van der Waals surface area contributed by atoms with Crippen molar-refractivity contribution in [3.05, 3.63) is 54.7 Å². The van der Waals surface area contributed by atoms with E-state index in [1.54, 1.807) is 35.6 Å². The molecule has 2 aromatic heterocycles. The molecule has 0 unspecified atom stereocenters. The van der Waals surface area contributed by atoms with Gasteiger partial charge in [-0.3, -0.25) is 0 Å². The largest absolute Gasteiger partial charge is 0.496 e. The molecule has 0 aliphatic carbocycles. The molecule has 142 valence electrons. The van der Waals surface area contributed by atoms with Crippen molar-refractivity contribution in [1.82, 2.24) is 15.0 Å². The Labute approximate surface area is 158 Å². The van der Waals surface area contributed by atoms with Crippen LogP contribution in [0.25, 0.3) is 11.1 Å². The number of hydrogen-bond donors (Lipinski definition) is 0. The zero-order valence-electron chi connectivity index (χ0n) is 16.1. The van der Waals surface area contributed by atoms with Gasteiger partial charge in [0, 0.05) is 37.5 Å². The van der Waals surface area contributed by atoms with E-state index < -0.39 is 0 Å². The predicted octanol–water partition coefficient (Wildman–Crippen LogP) is 4.57. The molecule has 7 heteroatoms. The summed E-state index contributed by atoms with van der Waals surface area (Å²) in [6.07, 6.45) is 4.76. The van der Waals surface area contributed by atoms with Crippen molar-refractivity contribution in [2.75, 3.05) is 26.1 Å². The molecule has 0 aliphatic heterocycles. The van der Waals surface area contributed by atoms with E-state index in [2.05, 4.69) is 15.0 Å². The van der Waals surface area contributed by atoms with Crippen LogP contribution in [0, 0.1) is 5.82 Å². The highest BCUT2D eigenvalue weighted by Gasteiger charge is 2.14. The van der Waals surface area contributed by atoms with Crippen molar-refractivity contribution < 1.29 is 13.9 Å². The van der Waals surface area contributed by atoms with Gasteiger partial charge in [0.25, 0.3) is 0 Å². The molecular formula is C20H23FN4O2. The minimum Gasteiger partial charge on any atom is -0.496 e. The monoisotopic (exact) mass is 370 g/mol. The van der Waals surface area contributed by atoms with Crippen LogP contribution in [0.3, 0.4) is 0 Å². The number of anilines is 1. The van der Waals surface area contributed by atoms with Crippen molar-refractivity contribution in [2.45, 2.75) is 13.8 Å². The van der Waals surface area contributed by atoms with Crippen LogP contribution >= 0.6 is 0 Å². The fourth-order valence-corrected chi connectivity index (χ4v) is 2.27. The van der Waals surface area contributed by atoms with Gasteiger partial charge < -0.3 is 14.4 Å². The van der Waals surface area contributed by atoms with Gasteiger partial charge in [-0.25, -0.2) is 19.3 Å². The molecule has 2 heterocycles. The number of nitrogens with zero attached hydrogens (tertiary/aromatic N) is 4. The Bertz CT molecular complexity index is 870. The number of rotatable bonds is 5. The van der Waals surface area contributed by atoms with Crippen molar-refractivity contribution in [3.8, 4) is 28.5 Å². The highest BCUT2D eigenvalue weighted by Crippen LogP contribution is 2.37. The Hall–Kier alpha value is -3.22. The second kappa shape index (κ2) is 9.47. The third-order valence-electron chi connectivity index (χ3n) is 3.45. The van der Waals surface area contributed by atoms with Crippen LogP contribution in [-0.4, -0.2) is 36.2 Å². The molecule has 0 saturated heterocycles. The molecule has 0 radical (unpaired) electrons. The Morgan fingerprint density at radius 1 is 0.963 bits per heavy atom. The summed E-state index contributed by atoms with van der Waals surface area (Å²) in [6.45, 7) is 4.00. The van der Waals surface area contributed by atoms with Crippen molar-refractivity contribution in [2.24, 2.45) is 0 Å². The van der Waals surface area contributed by atoms with E-state index in [4.69, 9.17) is 9.47 Å². The van der Waals surface area contributed by atoms with E-state index in [0.717, 1.165) is 0 Å². The second-order valence-electron chi connectivity index (χ2n) is 5.42. The molecule has 0 N–H and O–H groups in total. The van der Waals surface area contributed by atoms with Crippen LogP contribution in [0.4, 0.5) is 10.3 Å². The molecule has 6 nitrogen and oxygen atoms in total. The van der Waals surface area contributed by atoms with Gasteiger partial charge in [-0.05, 0) is 24.3 Å². The molecule has 27 heavy (non-hydrogen) atoms. The molecule has 0 atom stereocenters. The van der Waals surface area contributed by atoms with Gasteiger partial charge in [0.1, 0.15) is 11.6 Å². The maximum Gasteiger partial charge on any atom is 0.227 e. The van der Waals surface area contributed by atoms with Crippen molar-refractivity contribution >= 4 is 5.95 Å². The second-order valence-corrected chi connectivity index (χ2v) is 5.42. The van der Waals surface area contributed by atoms with E-state index in [-0.39, 0.29) is 5.82 Å². The maximum atomic E-state index is 13.5. The molecule has 1 aromatic carbocycles. The minimum absolute atomic E-state index is 0.355. The van der Waals surface area contributed by atoms with Crippen LogP contribution in [0.5, 0.6) is 17.4 Å². The van der Waals surface area contributed by atoms with E-state index in [1.165, 1.54) is 19.2 Å². The van der Waals surface area contributed by atoms with Crippen molar-refractivity contribution in [1.29, 1.82) is 0 Å². The fraction of sp³-hybridized carbons (Fsp3) is 0.250. The minimum atomic E-state index is -0.375. The van der Waals surface area contributed by atoms with E-state index in [9.17, 15) is 4.39 Å². The summed E-state index contributed by atoms with van der Waals surface area (Å²) in [5.74, 6) is 1.41. The number of ether oxygens (including phenoxy) is 2. The molecule has 0 spiro atoms. The Balaban J connectivity index is 0.00000126. The number of methoxy groups -OCH3 is 1. The average molecular weight is 370 g/mol. The summed E-state index contributed by atoms with van der Waals surface area (Å²) >= 11 is 0. The van der Waals surface area contributed by atoms with Gasteiger partial charge in [0.05, 0.1) is 19.5 Å². The SMILES string of the molecule is CC.COc1cc(F)ccc1-c1cccnc1Oc1cnc(N(C)C)nc1. The van der Waals surface area contributed by atoms with Gasteiger partial charge in [0.15, 0.2) is 5.75 Å². The third kappa shape index (κ3) is 4.91. The summed E-state index contributed by atoms with van der Waals surface area (Å²) in [5.41, 5.74) is 1.36. The molecule has 0 amide bonds. The lowest BCUT2D eigenvalue weighted by atomic mass is 10.1. The molecule has 0 fully saturated rings. The standard InChI is InChI=1S/C18H17FN4O2.C2H6/c1-23(2)18-21-10-13(11-22-18)25-17-15(5-4-8-20-17)14-7-6-12(19)9-16(14)24-3;1-2/h4-11H,1-3H3;1-2H3. The number of pyridine rings is 1. The van der Waals surface area contributed by atoms with Crippen LogP contribution < -0.4 is 14.4 Å². The first-order chi connectivity index (χ1) is 13.1. The van der Waals surface area contributed by atoms with E-state index in [1.807, 2.05) is 34.0 Å². The van der Waals surface area contributed by atoms with E-state index >= 15 is 0 Å². The fourth-order valence-electron chi connectivity index (χ4n) is 2.27. The highest BCUT2D eigenvalue weighted by molar-refractivity contribution is 5.74. The van der Waals surface area contributed by atoms with E-state index in [0.29, 0.717) is 34.5 Å². The lowest BCUT2D eigenvalue weighted by Gasteiger charge is -2.13. The van der Waals surface area contributed by atoms with Gasteiger partial charge >= 0.3 is 0 Å². The number of halogens is 1. The lowest BCUT2D eigenvalue weighted by Crippen LogP contribution is -2.12. The van der Waals surface area contributed by atoms with Crippen LogP contribution in [0.15, 0.2) is 48.9 Å². The zero-order chi connectivity index (χ0) is 19.8. The Morgan fingerprint density at radius 3 is 2.30 bits per heavy atom. The summed E-state index contributed by atoms with van der Waals surface area (Å²) in [4.78, 5) is 14.5. The normalized spacial score (nSPS) is 9.85. The van der Waals surface area contributed by atoms with Crippen LogP contribution in [0.2, 0.25) is 0 Å². The number of aromatic nitrogens is 3. The summed E-state index contributed by atoms with van der Waals surface area (Å²) in [7, 11) is 5.20. The van der Waals surface area contributed by atoms with Gasteiger partial charge in [-0.1, -0.05) is 13.8 Å². The maximum absolute atomic E-state index is 13.5. The van der Waals surface area contributed by atoms with Gasteiger partial charge in [-0.15, -0.1) is 0 Å². The smallest absolute Gasteiger partial charge is 0.227 e. The Morgan fingerprint density at radius 2 is 1.67 bits per heavy atom. The topological polar surface area (TPSA) is 60.4 Å². The number of hydrogen-bond acceptors (Lipinski definition) is 6. The summed E-state index contributed by atoms with van der Waals surface area (Å²) in [5, 5.41) is 0. The van der Waals surface area contributed by atoms with Crippen LogP contribution in [0.1, 0.15) is 13.8 Å². The van der Waals surface area contributed by atoms with Crippen molar-refractivity contribution in [3.63, 3.8) is 0 Å². The molecule has 0 bridgehead atoms. The first kappa shape index (κ1) is 20.1. The first-order valence-corrected chi connectivity index (χ1v) is 8.54. The zero-order valence-corrected chi connectivity index (χ0v) is 16.1. The molecular weight excluding hydrogens is 347 g/mol. The lowest BCUT2D eigenvalue weighted by molar-refractivity contribution is 0.412. The molecule has 3 rings (SSSR count). The molecule has 3 aromatic rings. The highest BCUT2D eigenvalue weighted by atomic mass is 19.1. The quantitative estimate of drug-likeness (QED) is 0.656. The third-order valence-corrected chi connectivity index (χ3v) is 3.45. The van der Waals surface area contributed by atoms with Gasteiger partial charge in [-0.2, -0.15) is 0 Å². The van der Waals surface area contributed by atoms with Crippen LogP contribution in [-0.2, 0) is 0 Å². The van der Waals surface area contributed by atoms with Gasteiger partial charge in [0.2, 0.25) is 11.8 Å². The summed E-state index contributed by atoms with van der Waals surface area (Å²) < 4.78 is 24.6. The average Bonchev–Trinajstić information content (AvgIpc) is 2.70. The molecule has 0 saturated carbocycles. The predicted molar refractivity (Wildman–Crippen MR) is 104 cm³/mol.